The predicted octanol–water partition coefficient (Wildman–Crippen LogP) is 2.79. The third-order valence-corrected chi connectivity index (χ3v) is 8.97. The number of esters is 1. The summed E-state index contributed by atoms with van der Waals surface area (Å²) in [7, 11) is 4.42. The lowest BCUT2D eigenvalue weighted by atomic mass is 10.1. The number of hydrogen-bond acceptors (Lipinski definition) is 14. The standard InChI is InChI=1S/C39H47N13O7/c1-7-52-29(16-23(2)47-52)37(55)45-22-49(33-27(43-3)17-24(35(41)53)19-30(33)57-5)12-8-9-14-51-34-28(46-39(51)44-4)18-25(36(42)54)20-31(34)59-15-11-10-13-50-21-26(40)32(48-50)38(56)58-6/h8-11,16-21H,3,7,12-15,22,40H2,1-2,4-6H3,(H2,41,53)(H2,42,54)(H,44,46)(H,45,55)/b9-8+,11-10+. The van der Waals surface area contributed by atoms with Crippen LogP contribution in [-0.2, 0) is 24.4 Å². The number of methoxy groups -OCH3 is 2. The fourth-order valence-electron chi connectivity index (χ4n) is 6.20. The number of fused-ring (bicyclic) bond motifs is 1. The molecule has 2 aromatic carbocycles. The van der Waals surface area contributed by atoms with Gasteiger partial charge < -0.3 is 51.5 Å². The number of hydrogen-bond donors (Lipinski definition) is 5. The molecular formula is C39H47N13O7. The monoisotopic (exact) mass is 809 g/mol. The van der Waals surface area contributed by atoms with E-state index in [9.17, 15) is 19.2 Å². The Labute approximate surface area is 339 Å². The van der Waals surface area contributed by atoms with Gasteiger partial charge in [-0.15, -0.1) is 0 Å². The number of carbonyl (C=O) groups is 4. The number of rotatable bonds is 20. The number of aromatic nitrogens is 6. The second kappa shape index (κ2) is 19.0. The normalized spacial score (nSPS) is 11.3. The highest BCUT2D eigenvalue weighted by Crippen LogP contribution is 2.39. The third-order valence-electron chi connectivity index (χ3n) is 8.97. The zero-order valence-electron chi connectivity index (χ0n) is 33.4. The van der Waals surface area contributed by atoms with E-state index in [1.807, 2.05) is 30.6 Å². The number of amides is 3. The van der Waals surface area contributed by atoms with Crippen molar-refractivity contribution < 1.29 is 33.4 Å². The summed E-state index contributed by atoms with van der Waals surface area (Å²) in [4.78, 5) is 60.3. The minimum Gasteiger partial charge on any atom is -0.494 e. The fourth-order valence-corrected chi connectivity index (χ4v) is 6.20. The van der Waals surface area contributed by atoms with E-state index >= 15 is 0 Å². The van der Waals surface area contributed by atoms with Crippen molar-refractivity contribution in [3.8, 4) is 11.5 Å². The summed E-state index contributed by atoms with van der Waals surface area (Å²) in [5.74, 6) is -1.18. The lowest BCUT2D eigenvalue weighted by molar-refractivity contribution is 0.0593. The van der Waals surface area contributed by atoms with Crippen LogP contribution in [0.4, 0.5) is 23.0 Å². The Hall–Kier alpha value is -7.64. The maximum Gasteiger partial charge on any atom is 0.360 e. The van der Waals surface area contributed by atoms with Gasteiger partial charge in [0.1, 0.15) is 35.0 Å². The Bertz CT molecular complexity index is 2440. The van der Waals surface area contributed by atoms with Gasteiger partial charge in [-0.05, 0) is 57.0 Å². The molecule has 59 heavy (non-hydrogen) atoms. The highest BCUT2D eigenvalue weighted by atomic mass is 16.5. The van der Waals surface area contributed by atoms with E-state index < -0.39 is 17.8 Å². The van der Waals surface area contributed by atoms with E-state index in [0.717, 1.165) is 0 Å². The van der Waals surface area contributed by atoms with Gasteiger partial charge in [0.2, 0.25) is 17.8 Å². The second-order valence-corrected chi connectivity index (χ2v) is 12.8. The van der Waals surface area contributed by atoms with Gasteiger partial charge in [-0.2, -0.15) is 10.2 Å². The van der Waals surface area contributed by atoms with Crippen molar-refractivity contribution in [1.82, 2.24) is 34.4 Å². The third kappa shape index (κ3) is 9.67. The smallest absolute Gasteiger partial charge is 0.360 e. The number of nitrogen functional groups attached to an aromatic ring is 1. The summed E-state index contributed by atoms with van der Waals surface area (Å²) in [5, 5.41) is 14.6. The van der Waals surface area contributed by atoms with Gasteiger partial charge in [-0.25, -0.2) is 9.78 Å². The number of nitrogens with one attached hydrogen (secondary N) is 2. The SMILES string of the molecule is C=Nc1cc(C(N)=O)cc(OC)c1N(C/C=C/Cn1c(NC)nc2cc(C(N)=O)cc(OC/C=C/Cn3cc(N)c(C(=O)OC)n3)c21)CNC(=O)c1cc(C)nn1CC. The van der Waals surface area contributed by atoms with Crippen LogP contribution >= 0.6 is 0 Å². The Kier molecular flexibility index (Phi) is 13.7. The number of allylic oxidation sites excluding steroid dienone is 2. The summed E-state index contributed by atoms with van der Waals surface area (Å²) in [6.07, 6.45) is 8.81. The number of primary amides is 2. The molecule has 0 aliphatic heterocycles. The molecule has 0 atom stereocenters. The van der Waals surface area contributed by atoms with Gasteiger partial charge in [-0.3, -0.25) is 28.7 Å². The Morgan fingerprint density at radius 2 is 1.68 bits per heavy atom. The summed E-state index contributed by atoms with van der Waals surface area (Å²) in [5.41, 5.74) is 20.7. The number of benzene rings is 2. The molecule has 3 aromatic heterocycles. The van der Waals surface area contributed by atoms with E-state index in [1.165, 1.54) is 37.2 Å². The van der Waals surface area contributed by atoms with Crippen LogP contribution in [0.25, 0.3) is 11.0 Å². The number of carbonyl (C=O) groups excluding carboxylic acids is 4. The molecule has 0 radical (unpaired) electrons. The second-order valence-electron chi connectivity index (χ2n) is 12.8. The molecule has 3 heterocycles. The van der Waals surface area contributed by atoms with Crippen LogP contribution in [-0.4, -0.2) is 101 Å². The molecule has 20 heteroatoms. The number of imidazole rings is 1. The zero-order valence-corrected chi connectivity index (χ0v) is 33.4. The first kappa shape index (κ1) is 42.5. The first-order valence-electron chi connectivity index (χ1n) is 18.3. The summed E-state index contributed by atoms with van der Waals surface area (Å²) >= 11 is 0. The molecule has 0 fully saturated rings. The van der Waals surface area contributed by atoms with Gasteiger partial charge >= 0.3 is 5.97 Å². The van der Waals surface area contributed by atoms with Crippen molar-refractivity contribution >= 4 is 64.5 Å². The molecule has 3 amide bonds. The van der Waals surface area contributed by atoms with Crippen LogP contribution in [0.1, 0.15) is 54.3 Å². The van der Waals surface area contributed by atoms with Crippen LogP contribution in [0.3, 0.4) is 0 Å². The van der Waals surface area contributed by atoms with E-state index in [-0.39, 0.29) is 54.8 Å². The molecule has 0 spiro atoms. The topological polar surface area (TPSA) is 267 Å². The first-order valence-corrected chi connectivity index (χ1v) is 18.3. The quantitative estimate of drug-likeness (QED) is 0.0328. The molecule has 0 saturated carbocycles. The number of anilines is 3. The molecule has 0 aliphatic rings. The molecular weight excluding hydrogens is 763 g/mol. The minimum atomic E-state index is -0.673. The molecule has 0 unspecified atom stereocenters. The Balaban J connectivity index is 1.42. The average molecular weight is 810 g/mol. The van der Waals surface area contributed by atoms with Crippen molar-refractivity contribution in [2.24, 2.45) is 16.5 Å². The van der Waals surface area contributed by atoms with Crippen molar-refractivity contribution in [1.29, 1.82) is 0 Å². The van der Waals surface area contributed by atoms with Crippen LogP contribution in [0.2, 0.25) is 0 Å². The molecule has 5 rings (SSSR count). The number of aliphatic imine (C=N–C) groups is 1. The van der Waals surface area contributed by atoms with Crippen molar-refractivity contribution in [2.45, 2.75) is 33.5 Å². The van der Waals surface area contributed by atoms with Crippen molar-refractivity contribution in [3.63, 3.8) is 0 Å². The highest BCUT2D eigenvalue weighted by Gasteiger charge is 2.22. The summed E-state index contributed by atoms with van der Waals surface area (Å²) < 4.78 is 21.5. The molecule has 0 aliphatic carbocycles. The van der Waals surface area contributed by atoms with Crippen LogP contribution in [0.15, 0.2) is 65.8 Å². The largest absolute Gasteiger partial charge is 0.494 e. The van der Waals surface area contributed by atoms with Gasteiger partial charge in [0, 0.05) is 44.0 Å². The zero-order chi connectivity index (χ0) is 42.8. The maximum atomic E-state index is 13.4. The van der Waals surface area contributed by atoms with E-state index in [2.05, 4.69) is 37.5 Å². The number of ether oxygens (including phenoxy) is 3. The van der Waals surface area contributed by atoms with Gasteiger partial charge in [0.15, 0.2) is 5.69 Å². The lowest BCUT2D eigenvalue weighted by Crippen LogP contribution is -2.39. The van der Waals surface area contributed by atoms with E-state index in [0.29, 0.717) is 64.3 Å². The summed E-state index contributed by atoms with van der Waals surface area (Å²) in [6, 6.07) is 7.85. The maximum absolute atomic E-state index is 13.4. The van der Waals surface area contributed by atoms with Crippen molar-refractivity contribution in [2.75, 3.05) is 57.0 Å². The van der Waals surface area contributed by atoms with Crippen LogP contribution in [0.5, 0.6) is 11.5 Å². The molecule has 0 saturated heterocycles. The Morgan fingerprint density at radius 3 is 2.34 bits per heavy atom. The number of nitrogens with zero attached hydrogens (tertiary/aromatic N) is 8. The van der Waals surface area contributed by atoms with Gasteiger partial charge in [-0.1, -0.05) is 18.2 Å². The fraction of sp³-hybridized carbons (Fsp3) is 0.282. The predicted molar refractivity (Wildman–Crippen MR) is 223 cm³/mol. The first-order chi connectivity index (χ1) is 28.3. The van der Waals surface area contributed by atoms with Gasteiger partial charge in [0.05, 0.1) is 50.0 Å². The number of aryl methyl sites for hydroxylation is 2. The molecule has 310 valence electrons. The molecule has 5 aromatic rings. The van der Waals surface area contributed by atoms with E-state index in [4.69, 9.17) is 31.4 Å². The van der Waals surface area contributed by atoms with Crippen LogP contribution < -0.4 is 42.2 Å². The van der Waals surface area contributed by atoms with E-state index in [1.54, 1.807) is 47.0 Å². The van der Waals surface area contributed by atoms with Crippen molar-refractivity contribution in [3.05, 3.63) is 89.0 Å². The minimum absolute atomic E-state index is 0.00328. The Morgan fingerprint density at radius 1 is 0.966 bits per heavy atom. The molecule has 8 N–H and O–H groups in total. The van der Waals surface area contributed by atoms with Crippen LogP contribution in [0, 0.1) is 6.92 Å². The summed E-state index contributed by atoms with van der Waals surface area (Å²) in [6.45, 7) is 8.82. The average Bonchev–Trinajstić information content (AvgIpc) is 3.92. The highest BCUT2D eigenvalue weighted by molar-refractivity contribution is 5.99. The number of nitrogens with two attached hydrogens (primary N) is 3. The molecule has 20 nitrogen and oxygen atoms in total. The lowest BCUT2D eigenvalue weighted by Gasteiger charge is -2.27. The van der Waals surface area contributed by atoms with Gasteiger partial charge in [0.25, 0.3) is 5.91 Å². The molecule has 0 bridgehead atoms.